The van der Waals surface area contributed by atoms with Crippen LogP contribution in [0.3, 0.4) is 0 Å². The lowest BCUT2D eigenvalue weighted by molar-refractivity contribution is 0.0853. The summed E-state index contributed by atoms with van der Waals surface area (Å²) in [5, 5.41) is 12.3. The number of rotatable bonds is 6. The quantitative estimate of drug-likeness (QED) is 0.416. The molecule has 2 N–H and O–H groups in total. The molecule has 3 heterocycles. The number of benzene rings is 2. The van der Waals surface area contributed by atoms with Gasteiger partial charge in [-0.15, -0.1) is 0 Å². The molecule has 1 aliphatic rings. The largest absolute Gasteiger partial charge is 0.380 e. The molecule has 2 aromatic heterocycles. The van der Waals surface area contributed by atoms with E-state index in [1.54, 1.807) is 0 Å². The van der Waals surface area contributed by atoms with Crippen LogP contribution < -0.4 is 10.6 Å². The summed E-state index contributed by atoms with van der Waals surface area (Å²) in [5.41, 5.74) is 5.80. The molecule has 0 unspecified atom stereocenters. The van der Waals surface area contributed by atoms with Gasteiger partial charge in [-0.25, -0.2) is 4.98 Å². The third-order valence-corrected chi connectivity index (χ3v) is 6.37. The Bertz CT molecular complexity index is 1360. The van der Waals surface area contributed by atoms with E-state index in [1.807, 2.05) is 63.4 Å². The van der Waals surface area contributed by atoms with Crippen LogP contribution >= 0.6 is 11.6 Å². The van der Waals surface area contributed by atoms with Gasteiger partial charge < -0.3 is 20.1 Å². The van der Waals surface area contributed by atoms with Gasteiger partial charge in [-0.3, -0.25) is 4.79 Å². The number of hydrogen-bond donors (Lipinski definition) is 2. The van der Waals surface area contributed by atoms with Gasteiger partial charge in [-0.1, -0.05) is 35.0 Å². The number of aryl methyl sites for hydroxylation is 2. The smallest absolute Gasteiger partial charge is 0.270 e. The van der Waals surface area contributed by atoms with Crippen molar-refractivity contribution >= 4 is 34.1 Å². The maximum atomic E-state index is 13.0. The minimum absolute atomic E-state index is 0.153. The van der Waals surface area contributed by atoms with E-state index in [-0.39, 0.29) is 11.9 Å². The van der Waals surface area contributed by atoms with Crippen LogP contribution in [-0.2, 0) is 6.54 Å². The van der Waals surface area contributed by atoms with Crippen molar-refractivity contribution in [1.29, 1.82) is 0 Å². The Morgan fingerprint density at radius 3 is 2.71 bits per heavy atom. The number of likely N-dealkylation sites (tertiary alicyclic amines) is 1. The molecule has 0 radical (unpaired) electrons. The molecule has 1 amide bonds. The van der Waals surface area contributed by atoms with Crippen LogP contribution in [0, 0.1) is 13.8 Å². The fourth-order valence-electron chi connectivity index (χ4n) is 4.43. The number of pyridine rings is 1. The van der Waals surface area contributed by atoms with Crippen molar-refractivity contribution in [3.05, 3.63) is 76.3 Å². The predicted octanol–water partition coefficient (Wildman–Crippen LogP) is 4.82. The minimum Gasteiger partial charge on any atom is -0.380 e. The molecule has 4 aromatic rings. The van der Waals surface area contributed by atoms with Crippen LogP contribution in [0.25, 0.3) is 22.0 Å². The van der Waals surface area contributed by atoms with Crippen molar-refractivity contribution in [2.75, 3.05) is 25.5 Å². The van der Waals surface area contributed by atoms with Gasteiger partial charge in [-0.05, 0) is 62.4 Å². The lowest BCUT2D eigenvalue weighted by Gasteiger charge is -2.36. The molecule has 2 aromatic carbocycles. The molecule has 5 rings (SSSR count). The van der Waals surface area contributed by atoms with Crippen molar-refractivity contribution in [2.45, 2.75) is 26.4 Å². The zero-order valence-electron chi connectivity index (χ0n) is 19.4. The molecule has 174 valence electrons. The Morgan fingerprint density at radius 1 is 1.18 bits per heavy atom. The maximum Gasteiger partial charge on any atom is 0.270 e. The number of hydrogen-bond acceptors (Lipinski definition) is 6. The summed E-state index contributed by atoms with van der Waals surface area (Å²) in [6.07, 6.45) is 0. The Balaban J connectivity index is 1.53. The Morgan fingerprint density at radius 2 is 2.00 bits per heavy atom. The molecule has 0 bridgehead atoms. The molecule has 0 saturated carbocycles. The molecule has 0 aliphatic carbocycles. The maximum absolute atomic E-state index is 13.0. The van der Waals surface area contributed by atoms with Crippen LogP contribution in [0.4, 0.5) is 5.69 Å². The third-order valence-electron chi connectivity index (χ3n) is 6.13. The number of carbonyl (C=O) groups excluding carboxylic acids is 1. The molecule has 34 heavy (non-hydrogen) atoms. The lowest BCUT2D eigenvalue weighted by Crippen LogP contribution is -2.57. The monoisotopic (exact) mass is 475 g/mol. The number of likely N-dealkylation sites (N-methyl/N-ethyl adjacent to an activating group) is 1. The van der Waals surface area contributed by atoms with Crippen LogP contribution in [0.5, 0.6) is 0 Å². The van der Waals surface area contributed by atoms with E-state index in [4.69, 9.17) is 16.1 Å². The number of fused-ring (bicyclic) bond motifs is 1. The summed E-state index contributed by atoms with van der Waals surface area (Å²) >= 11 is 6.16. The Kier molecular flexibility index (Phi) is 5.98. The highest BCUT2D eigenvalue weighted by atomic mass is 35.5. The van der Waals surface area contributed by atoms with Crippen LogP contribution in [0.1, 0.15) is 27.5 Å². The second-order valence-electron chi connectivity index (χ2n) is 8.86. The first-order valence-corrected chi connectivity index (χ1v) is 11.6. The average molecular weight is 476 g/mol. The molecular weight excluding hydrogens is 450 g/mol. The molecule has 1 aliphatic heterocycles. The normalized spacial score (nSPS) is 14.2. The molecule has 1 saturated heterocycles. The Labute approximate surface area is 203 Å². The number of nitrogens with one attached hydrogen (secondary N) is 2. The first-order valence-electron chi connectivity index (χ1n) is 11.2. The summed E-state index contributed by atoms with van der Waals surface area (Å²) in [6.45, 7) is 6.09. The number of aromatic nitrogens is 2. The van der Waals surface area contributed by atoms with Crippen LogP contribution in [0.15, 0.2) is 53.1 Å². The topological polar surface area (TPSA) is 83.3 Å². The van der Waals surface area contributed by atoms with Gasteiger partial charge in [0, 0.05) is 41.3 Å². The zero-order valence-corrected chi connectivity index (χ0v) is 20.1. The lowest BCUT2D eigenvalue weighted by atomic mass is 10.0. The van der Waals surface area contributed by atoms with Gasteiger partial charge in [0.15, 0.2) is 0 Å². The second-order valence-corrected chi connectivity index (χ2v) is 9.30. The van der Waals surface area contributed by atoms with E-state index in [1.165, 1.54) is 0 Å². The molecule has 0 atom stereocenters. The van der Waals surface area contributed by atoms with Crippen molar-refractivity contribution in [3.8, 4) is 11.1 Å². The first kappa shape index (κ1) is 22.4. The molecular formula is C26H26ClN5O2. The SMILES string of the molecule is Cc1noc(C)c1-c1ccc2nc(C(=O)NC3CN(C)C3)cc(NCc3cccc(Cl)c3)c2c1. The van der Waals surface area contributed by atoms with Gasteiger partial charge in [0.25, 0.3) is 5.91 Å². The van der Waals surface area contributed by atoms with E-state index in [2.05, 4.69) is 31.7 Å². The summed E-state index contributed by atoms with van der Waals surface area (Å²) in [5.74, 6) is 0.598. The highest BCUT2D eigenvalue weighted by Crippen LogP contribution is 2.32. The van der Waals surface area contributed by atoms with Crippen LogP contribution in [0.2, 0.25) is 5.02 Å². The van der Waals surface area contributed by atoms with Crippen molar-refractivity contribution in [1.82, 2.24) is 20.4 Å². The van der Waals surface area contributed by atoms with Gasteiger partial charge in [0.05, 0.1) is 17.3 Å². The van der Waals surface area contributed by atoms with Crippen molar-refractivity contribution in [2.24, 2.45) is 0 Å². The van der Waals surface area contributed by atoms with Gasteiger partial charge >= 0.3 is 0 Å². The van der Waals surface area contributed by atoms with E-state index >= 15 is 0 Å². The zero-order chi connectivity index (χ0) is 23.8. The standard InChI is InChI=1S/C26H26ClN5O2/c1-15-25(16(2)34-31-15)18-7-8-22-21(10-18)23(28-12-17-5-4-6-19(27)9-17)11-24(30-22)26(33)29-20-13-32(3)14-20/h4-11,20H,12-14H2,1-3H3,(H,28,30)(H,29,33). The number of nitrogens with zero attached hydrogens (tertiary/aromatic N) is 3. The van der Waals surface area contributed by atoms with Gasteiger partial charge in [0.1, 0.15) is 11.5 Å². The Hall–Kier alpha value is -3.42. The molecule has 7 nitrogen and oxygen atoms in total. The third kappa shape index (κ3) is 4.49. The number of carbonyl (C=O) groups is 1. The second kappa shape index (κ2) is 9.08. The first-order chi connectivity index (χ1) is 16.4. The fraction of sp³-hybridized carbons (Fsp3) is 0.269. The number of anilines is 1. The highest BCUT2D eigenvalue weighted by Gasteiger charge is 2.26. The van der Waals surface area contributed by atoms with E-state index in [9.17, 15) is 4.79 Å². The summed E-state index contributed by atoms with van der Waals surface area (Å²) in [6, 6.07) is 15.7. The summed E-state index contributed by atoms with van der Waals surface area (Å²) in [4.78, 5) is 19.8. The molecule has 0 spiro atoms. The van der Waals surface area contributed by atoms with Crippen molar-refractivity contribution in [3.63, 3.8) is 0 Å². The number of amides is 1. The van der Waals surface area contributed by atoms with E-state index < -0.39 is 0 Å². The van der Waals surface area contributed by atoms with E-state index in [0.29, 0.717) is 17.3 Å². The number of halogens is 1. The van der Waals surface area contributed by atoms with Gasteiger partial charge in [-0.2, -0.15) is 0 Å². The van der Waals surface area contributed by atoms with Gasteiger partial charge in [0.2, 0.25) is 0 Å². The molecule has 8 heteroatoms. The fourth-order valence-corrected chi connectivity index (χ4v) is 4.65. The predicted molar refractivity (Wildman–Crippen MR) is 134 cm³/mol. The minimum atomic E-state index is -0.166. The summed E-state index contributed by atoms with van der Waals surface area (Å²) < 4.78 is 5.37. The summed E-state index contributed by atoms with van der Waals surface area (Å²) in [7, 11) is 2.03. The molecule has 1 fully saturated rings. The van der Waals surface area contributed by atoms with Crippen molar-refractivity contribution < 1.29 is 9.32 Å². The van der Waals surface area contributed by atoms with Crippen LogP contribution in [-0.4, -0.2) is 47.1 Å². The van der Waals surface area contributed by atoms with E-state index in [0.717, 1.165) is 57.8 Å². The highest BCUT2D eigenvalue weighted by molar-refractivity contribution is 6.30. The average Bonchev–Trinajstić information content (AvgIpc) is 3.13.